The lowest BCUT2D eigenvalue weighted by atomic mass is 9.91. The lowest BCUT2D eigenvalue weighted by molar-refractivity contribution is -0.144. The van der Waals surface area contributed by atoms with Crippen LogP contribution in [0.4, 0.5) is 5.69 Å². The third-order valence-corrected chi connectivity index (χ3v) is 3.41. The van der Waals surface area contributed by atoms with Crippen molar-refractivity contribution in [3.8, 4) is 0 Å². The van der Waals surface area contributed by atoms with Crippen LogP contribution < -0.4 is 5.32 Å². The van der Waals surface area contributed by atoms with Crippen molar-refractivity contribution in [2.45, 2.75) is 19.8 Å². The van der Waals surface area contributed by atoms with Gasteiger partial charge in [-0.3, -0.25) is 4.79 Å². The summed E-state index contributed by atoms with van der Waals surface area (Å²) < 4.78 is 6.06. The summed E-state index contributed by atoms with van der Waals surface area (Å²) in [4.78, 5) is 11.4. The van der Waals surface area contributed by atoms with Gasteiger partial charge in [0.25, 0.3) is 0 Å². The fourth-order valence-electron chi connectivity index (χ4n) is 2.14. The van der Waals surface area contributed by atoms with Crippen LogP contribution in [0.5, 0.6) is 0 Å². The van der Waals surface area contributed by atoms with Gasteiger partial charge in [-0.15, -0.1) is 0 Å². The number of anilines is 1. The fraction of sp³-hybridized carbons (Fsp3) is 0.462. The molecular formula is C13H16BrNO2. The minimum absolute atomic E-state index is 0.0993. The first-order chi connectivity index (χ1) is 8.19. The van der Waals surface area contributed by atoms with Crippen LogP contribution in [0.15, 0.2) is 22.7 Å². The van der Waals surface area contributed by atoms with Crippen molar-refractivity contribution in [2.75, 3.05) is 18.5 Å². The van der Waals surface area contributed by atoms with Gasteiger partial charge in [-0.25, -0.2) is 0 Å². The number of carbonyl (C=O) groups is 1. The molecule has 4 heteroatoms. The van der Waals surface area contributed by atoms with Crippen LogP contribution in [-0.4, -0.2) is 19.1 Å². The zero-order chi connectivity index (χ0) is 12.3. The highest BCUT2D eigenvalue weighted by Gasteiger charge is 2.21. The average molecular weight is 298 g/mol. The highest BCUT2D eigenvalue weighted by Crippen LogP contribution is 2.28. The van der Waals surface area contributed by atoms with Crippen LogP contribution in [0.25, 0.3) is 0 Å². The van der Waals surface area contributed by atoms with Gasteiger partial charge in [0.1, 0.15) is 0 Å². The third-order valence-electron chi connectivity index (χ3n) is 2.92. The second-order valence-corrected chi connectivity index (χ2v) is 5.18. The predicted molar refractivity (Wildman–Crippen MR) is 71.1 cm³/mol. The van der Waals surface area contributed by atoms with Crippen LogP contribution in [0.2, 0.25) is 0 Å². The topological polar surface area (TPSA) is 38.3 Å². The second-order valence-electron chi connectivity index (χ2n) is 4.26. The molecule has 1 N–H and O–H groups in total. The molecule has 1 unspecified atom stereocenters. The molecule has 1 aliphatic heterocycles. The van der Waals surface area contributed by atoms with Crippen molar-refractivity contribution < 1.29 is 9.53 Å². The second kappa shape index (κ2) is 5.54. The van der Waals surface area contributed by atoms with E-state index >= 15 is 0 Å². The number of fused-ring (bicyclic) bond motifs is 1. The summed E-state index contributed by atoms with van der Waals surface area (Å²) in [6, 6.07) is 6.21. The maximum atomic E-state index is 11.4. The highest BCUT2D eigenvalue weighted by atomic mass is 79.9. The van der Waals surface area contributed by atoms with Crippen molar-refractivity contribution in [1.29, 1.82) is 0 Å². The monoisotopic (exact) mass is 297 g/mol. The minimum atomic E-state index is -0.0993. The van der Waals surface area contributed by atoms with Gasteiger partial charge in [0, 0.05) is 16.7 Å². The summed E-state index contributed by atoms with van der Waals surface area (Å²) in [7, 11) is 0. The molecule has 0 fully saturated rings. The van der Waals surface area contributed by atoms with E-state index in [2.05, 4.69) is 33.4 Å². The molecule has 0 saturated carbocycles. The van der Waals surface area contributed by atoms with Gasteiger partial charge in [0.2, 0.25) is 0 Å². The molecule has 1 aliphatic rings. The summed E-state index contributed by atoms with van der Waals surface area (Å²) in [5.41, 5.74) is 2.44. The van der Waals surface area contributed by atoms with Gasteiger partial charge in [-0.05, 0) is 43.0 Å². The minimum Gasteiger partial charge on any atom is -0.466 e. The summed E-state index contributed by atoms with van der Waals surface area (Å²) in [6.45, 7) is 3.14. The van der Waals surface area contributed by atoms with Crippen molar-refractivity contribution >= 4 is 27.6 Å². The zero-order valence-electron chi connectivity index (χ0n) is 9.83. The molecule has 0 saturated heterocycles. The number of hydrogen-bond donors (Lipinski definition) is 1. The first-order valence-electron chi connectivity index (χ1n) is 5.87. The first-order valence-corrected chi connectivity index (χ1v) is 6.66. The maximum absolute atomic E-state index is 11.4. The Morgan fingerprint density at radius 1 is 1.59 bits per heavy atom. The Labute approximate surface area is 110 Å². The number of esters is 1. The molecule has 1 aromatic carbocycles. The van der Waals surface area contributed by atoms with Gasteiger partial charge >= 0.3 is 5.97 Å². The van der Waals surface area contributed by atoms with E-state index in [0.29, 0.717) is 18.9 Å². The van der Waals surface area contributed by atoms with Crippen molar-refractivity contribution in [2.24, 2.45) is 5.92 Å². The molecule has 0 radical (unpaired) electrons. The lowest BCUT2D eigenvalue weighted by Crippen LogP contribution is -2.26. The summed E-state index contributed by atoms with van der Waals surface area (Å²) in [5.74, 6) is 0.230. The summed E-state index contributed by atoms with van der Waals surface area (Å²) >= 11 is 3.47. The number of ether oxygens (including phenoxy) is 1. The van der Waals surface area contributed by atoms with Crippen molar-refractivity contribution in [3.05, 3.63) is 28.2 Å². The zero-order valence-corrected chi connectivity index (χ0v) is 11.4. The van der Waals surface area contributed by atoms with E-state index in [4.69, 9.17) is 4.74 Å². The Balaban J connectivity index is 2.00. The number of rotatable bonds is 3. The Bertz CT molecular complexity index is 420. The molecule has 17 heavy (non-hydrogen) atoms. The number of halogens is 1. The van der Waals surface area contributed by atoms with Gasteiger partial charge in [0.05, 0.1) is 13.0 Å². The van der Waals surface area contributed by atoms with E-state index in [1.54, 1.807) is 0 Å². The van der Waals surface area contributed by atoms with E-state index in [0.717, 1.165) is 17.4 Å². The molecule has 1 aromatic rings. The summed E-state index contributed by atoms with van der Waals surface area (Å²) in [6.07, 6.45) is 1.42. The van der Waals surface area contributed by atoms with Gasteiger partial charge in [-0.2, -0.15) is 0 Å². The number of carbonyl (C=O) groups excluding carboxylic acids is 1. The van der Waals surface area contributed by atoms with Gasteiger partial charge in [-0.1, -0.05) is 15.9 Å². The van der Waals surface area contributed by atoms with Gasteiger partial charge in [0.15, 0.2) is 0 Å². The normalized spacial score (nSPS) is 18.1. The maximum Gasteiger partial charge on any atom is 0.306 e. The van der Waals surface area contributed by atoms with Crippen LogP contribution in [-0.2, 0) is 16.0 Å². The van der Waals surface area contributed by atoms with Crippen LogP contribution in [0.1, 0.15) is 18.9 Å². The number of benzene rings is 1. The molecule has 0 amide bonds. The molecule has 0 bridgehead atoms. The molecule has 92 valence electrons. The lowest BCUT2D eigenvalue weighted by Gasteiger charge is -2.25. The fourth-order valence-corrected chi connectivity index (χ4v) is 2.55. The molecule has 1 heterocycles. The highest BCUT2D eigenvalue weighted by molar-refractivity contribution is 9.10. The Morgan fingerprint density at radius 2 is 2.41 bits per heavy atom. The van der Waals surface area contributed by atoms with E-state index < -0.39 is 0 Å². The van der Waals surface area contributed by atoms with E-state index in [1.807, 2.05) is 13.0 Å². The average Bonchev–Trinajstić information content (AvgIpc) is 2.28. The van der Waals surface area contributed by atoms with E-state index in [1.165, 1.54) is 11.3 Å². The van der Waals surface area contributed by atoms with Crippen molar-refractivity contribution in [3.63, 3.8) is 0 Å². The first kappa shape index (κ1) is 12.4. The smallest absolute Gasteiger partial charge is 0.306 e. The molecule has 3 nitrogen and oxygen atoms in total. The summed E-state index contributed by atoms with van der Waals surface area (Å²) in [5, 5.41) is 3.36. The molecule has 1 atom stereocenters. The van der Waals surface area contributed by atoms with Crippen molar-refractivity contribution in [1.82, 2.24) is 0 Å². The Hall–Kier alpha value is -1.03. The quantitative estimate of drug-likeness (QED) is 0.872. The van der Waals surface area contributed by atoms with Gasteiger partial charge < -0.3 is 10.1 Å². The van der Waals surface area contributed by atoms with Crippen LogP contribution in [0, 0.1) is 5.92 Å². The van der Waals surface area contributed by atoms with Crippen LogP contribution >= 0.6 is 15.9 Å². The Kier molecular flexibility index (Phi) is 4.05. The Morgan fingerprint density at radius 3 is 3.18 bits per heavy atom. The molecule has 0 aromatic heterocycles. The largest absolute Gasteiger partial charge is 0.466 e. The number of hydrogen-bond acceptors (Lipinski definition) is 3. The molecule has 2 rings (SSSR count). The molecule has 0 aliphatic carbocycles. The third kappa shape index (κ3) is 3.22. The van der Waals surface area contributed by atoms with Crippen LogP contribution in [0.3, 0.4) is 0 Å². The van der Waals surface area contributed by atoms with E-state index in [-0.39, 0.29) is 5.97 Å². The SMILES string of the molecule is CCOC(=O)CC1CNc2ccc(Br)cc2C1. The number of nitrogens with one attached hydrogen (secondary N) is 1. The van der Waals surface area contributed by atoms with E-state index in [9.17, 15) is 4.79 Å². The molecule has 0 spiro atoms. The predicted octanol–water partition coefficient (Wildman–Crippen LogP) is 2.99. The standard InChI is InChI=1S/C13H16BrNO2/c1-2-17-13(16)6-9-5-10-7-11(14)3-4-12(10)15-8-9/h3-4,7,9,15H,2,5-6,8H2,1H3. The molecular weight excluding hydrogens is 282 g/mol.